The van der Waals surface area contributed by atoms with Crippen LogP contribution in [0, 0.1) is 0 Å². The number of alkyl halides is 3. The molecule has 1 unspecified atom stereocenters. The van der Waals surface area contributed by atoms with Gasteiger partial charge in [-0.3, -0.25) is 0 Å². The molecule has 0 saturated carbocycles. The number of aliphatic hydroxyl groups excluding tert-OH is 1. The van der Waals surface area contributed by atoms with Crippen LogP contribution in [0.25, 0.3) is 0 Å². The maximum absolute atomic E-state index is 14.0. The van der Waals surface area contributed by atoms with E-state index in [0.29, 0.717) is 37.6 Å². The van der Waals surface area contributed by atoms with Crippen molar-refractivity contribution in [2.45, 2.75) is 25.1 Å². The van der Waals surface area contributed by atoms with Crippen molar-refractivity contribution in [3.63, 3.8) is 0 Å². The molecule has 12 heteroatoms. The molecule has 8 nitrogen and oxygen atoms in total. The standard InChI is InChI=1S/C21H23ClF3N5O3/c22-19-27-17-11-30(20(32)29-4-6-33-7-5-29)10-15(17)18(28-19)26-16(9-23)13-2-1-3-14(8-13)21(24,25)12-31/h1-3,8,16,31H,4-7,9-12H2,(H,26,27,28). The topological polar surface area (TPSA) is 90.8 Å². The summed E-state index contributed by atoms with van der Waals surface area (Å²) in [4.78, 5) is 24.5. The average molecular weight is 486 g/mol. The van der Waals surface area contributed by atoms with E-state index in [1.807, 2.05) is 0 Å². The fourth-order valence-corrected chi connectivity index (χ4v) is 4.07. The van der Waals surface area contributed by atoms with Crippen molar-refractivity contribution in [1.29, 1.82) is 0 Å². The lowest BCUT2D eigenvalue weighted by atomic mass is 10.0. The van der Waals surface area contributed by atoms with Crippen molar-refractivity contribution in [2.24, 2.45) is 0 Å². The van der Waals surface area contributed by atoms with Crippen molar-refractivity contribution in [1.82, 2.24) is 19.8 Å². The Kier molecular flexibility index (Phi) is 6.91. The second-order valence-corrected chi connectivity index (χ2v) is 8.18. The number of urea groups is 1. The summed E-state index contributed by atoms with van der Waals surface area (Å²) < 4.78 is 47.1. The first-order valence-corrected chi connectivity index (χ1v) is 10.8. The largest absolute Gasteiger partial charge is 0.390 e. The first-order valence-electron chi connectivity index (χ1n) is 10.4. The van der Waals surface area contributed by atoms with Gasteiger partial charge in [0, 0.05) is 24.2 Å². The van der Waals surface area contributed by atoms with Gasteiger partial charge < -0.3 is 25.0 Å². The number of rotatable bonds is 6. The number of anilines is 1. The summed E-state index contributed by atoms with van der Waals surface area (Å²) in [5.41, 5.74) is 0.968. The second kappa shape index (κ2) is 9.70. The van der Waals surface area contributed by atoms with E-state index in [2.05, 4.69) is 15.3 Å². The number of morpholine rings is 1. The van der Waals surface area contributed by atoms with Crippen LogP contribution in [0.4, 0.5) is 23.8 Å². The van der Waals surface area contributed by atoms with Gasteiger partial charge >= 0.3 is 6.03 Å². The molecule has 2 N–H and O–H groups in total. The van der Waals surface area contributed by atoms with Crippen molar-refractivity contribution >= 4 is 23.4 Å². The van der Waals surface area contributed by atoms with E-state index in [-0.39, 0.29) is 35.8 Å². The SMILES string of the molecule is O=C(N1CCOCC1)N1Cc2nc(Cl)nc(NC(CF)c3cccc(C(F)(F)CO)c3)c2C1. The summed E-state index contributed by atoms with van der Waals surface area (Å²) in [6.45, 7) is 0.0692. The molecule has 1 atom stereocenters. The van der Waals surface area contributed by atoms with E-state index in [4.69, 9.17) is 21.4 Å². The van der Waals surface area contributed by atoms with Gasteiger partial charge in [-0.1, -0.05) is 18.2 Å². The molecule has 2 amide bonds. The van der Waals surface area contributed by atoms with Gasteiger partial charge in [-0.2, -0.15) is 8.78 Å². The number of benzene rings is 1. The summed E-state index contributed by atoms with van der Waals surface area (Å²) in [6.07, 6.45) is 0. The van der Waals surface area contributed by atoms with Gasteiger partial charge in [0.2, 0.25) is 5.28 Å². The third-order valence-corrected chi connectivity index (χ3v) is 5.85. The number of aromatic nitrogens is 2. The Bertz CT molecular complexity index is 1020. The number of nitrogens with one attached hydrogen (secondary N) is 1. The van der Waals surface area contributed by atoms with E-state index in [1.165, 1.54) is 18.2 Å². The van der Waals surface area contributed by atoms with Crippen LogP contribution >= 0.6 is 11.6 Å². The number of fused-ring (bicyclic) bond motifs is 1. The van der Waals surface area contributed by atoms with Gasteiger partial charge in [-0.05, 0) is 23.2 Å². The lowest BCUT2D eigenvalue weighted by molar-refractivity contribution is -0.0556. The number of nitrogens with zero attached hydrogens (tertiary/aromatic N) is 4. The van der Waals surface area contributed by atoms with Crippen LogP contribution in [-0.4, -0.2) is 70.5 Å². The fraction of sp³-hybridized carbons (Fsp3) is 0.476. The van der Waals surface area contributed by atoms with Gasteiger partial charge in [0.15, 0.2) is 0 Å². The van der Waals surface area contributed by atoms with Crippen molar-refractivity contribution < 1.29 is 27.8 Å². The highest BCUT2D eigenvalue weighted by atomic mass is 35.5. The Balaban J connectivity index is 1.56. The quantitative estimate of drug-likeness (QED) is 0.611. The molecule has 4 rings (SSSR count). The second-order valence-electron chi connectivity index (χ2n) is 7.84. The number of amides is 2. The summed E-state index contributed by atoms with van der Waals surface area (Å²) >= 11 is 6.07. The summed E-state index contributed by atoms with van der Waals surface area (Å²) in [5.74, 6) is -3.21. The molecule has 2 aliphatic heterocycles. The zero-order valence-electron chi connectivity index (χ0n) is 17.6. The van der Waals surface area contributed by atoms with Crippen molar-refractivity contribution in [3.05, 3.63) is 51.9 Å². The van der Waals surface area contributed by atoms with Gasteiger partial charge in [0.05, 0.1) is 38.0 Å². The molecule has 0 bridgehead atoms. The lowest BCUT2D eigenvalue weighted by Gasteiger charge is -2.30. The predicted octanol–water partition coefficient (Wildman–Crippen LogP) is 3.10. The van der Waals surface area contributed by atoms with Crippen LogP contribution in [0.15, 0.2) is 24.3 Å². The van der Waals surface area contributed by atoms with Gasteiger partial charge in [0.1, 0.15) is 19.1 Å². The molecule has 0 radical (unpaired) electrons. The van der Waals surface area contributed by atoms with Crippen LogP contribution in [0.2, 0.25) is 5.28 Å². The zero-order valence-corrected chi connectivity index (χ0v) is 18.4. The Morgan fingerprint density at radius 3 is 2.70 bits per heavy atom. The minimum Gasteiger partial charge on any atom is -0.390 e. The highest BCUT2D eigenvalue weighted by Crippen LogP contribution is 2.33. The minimum atomic E-state index is -3.45. The van der Waals surface area contributed by atoms with E-state index in [0.717, 1.165) is 6.07 Å². The van der Waals surface area contributed by atoms with Crippen molar-refractivity contribution in [3.8, 4) is 0 Å². The molecule has 1 saturated heterocycles. The molecule has 33 heavy (non-hydrogen) atoms. The van der Waals surface area contributed by atoms with Crippen LogP contribution in [0.3, 0.4) is 0 Å². The molecular weight excluding hydrogens is 463 g/mol. The number of hydrogen-bond donors (Lipinski definition) is 2. The minimum absolute atomic E-state index is 0.0740. The molecule has 0 spiro atoms. The molecule has 1 aromatic heterocycles. The number of carbonyl (C=O) groups excluding carboxylic acids is 1. The van der Waals surface area contributed by atoms with Crippen LogP contribution < -0.4 is 5.32 Å². The first kappa shape index (κ1) is 23.5. The number of aliphatic hydroxyl groups is 1. The normalized spacial score (nSPS) is 17.1. The third-order valence-electron chi connectivity index (χ3n) is 5.68. The lowest BCUT2D eigenvalue weighted by Crippen LogP contribution is -2.46. The summed E-state index contributed by atoms with van der Waals surface area (Å²) in [6, 6.07) is 4.02. The number of carbonyl (C=O) groups is 1. The first-order chi connectivity index (χ1) is 15.8. The Morgan fingerprint density at radius 1 is 1.24 bits per heavy atom. The van der Waals surface area contributed by atoms with Crippen molar-refractivity contribution in [2.75, 3.05) is 44.9 Å². The Hall–Kier alpha value is -2.63. The van der Waals surface area contributed by atoms with E-state index in [9.17, 15) is 18.0 Å². The van der Waals surface area contributed by atoms with E-state index >= 15 is 0 Å². The molecule has 1 fully saturated rings. The molecule has 1 aromatic carbocycles. The smallest absolute Gasteiger partial charge is 0.320 e. The van der Waals surface area contributed by atoms with Gasteiger partial charge in [-0.25, -0.2) is 19.2 Å². The van der Waals surface area contributed by atoms with E-state index < -0.39 is 30.8 Å². The number of ether oxygens (including phenoxy) is 1. The molecular formula is C21H23ClF3N5O3. The summed E-state index contributed by atoms with van der Waals surface area (Å²) in [7, 11) is 0. The molecule has 2 aliphatic rings. The third kappa shape index (κ3) is 4.99. The molecule has 2 aromatic rings. The van der Waals surface area contributed by atoms with Crippen LogP contribution in [0.1, 0.15) is 28.4 Å². The Labute approximate surface area is 193 Å². The zero-order chi connectivity index (χ0) is 23.6. The van der Waals surface area contributed by atoms with Crippen LogP contribution in [-0.2, 0) is 23.7 Å². The maximum Gasteiger partial charge on any atom is 0.320 e. The maximum atomic E-state index is 14.0. The predicted molar refractivity (Wildman–Crippen MR) is 114 cm³/mol. The molecule has 178 valence electrons. The summed E-state index contributed by atoms with van der Waals surface area (Å²) in [5, 5.41) is 11.8. The van der Waals surface area contributed by atoms with Gasteiger partial charge in [-0.15, -0.1) is 0 Å². The monoisotopic (exact) mass is 485 g/mol. The number of halogens is 4. The highest BCUT2D eigenvalue weighted by molar-refractivity contribution is 6.28. The van der Waals surface area contributed by atoms with Gasteiger partial charge in [0.25, 0.3) is 5.92 Å². The van der Waals surface area contributed by atoms with Crippen LogP contribution in [0.5, 0.6) is 0 Å². The average Bonchev–Trinajstić information content (AvgIpc) is 3.26. The highest BCUT2D eigenvalue weighted by Gasteiger charge is 2.33. The molecule has 0 aliphatic carbocycles. The molecule has 3 heterocycles. The van der Waals surface area contributed by atoms with E-state index in [1.54, 1.807) is 9.80 Å². The fourth-order valence-electron chi connectivity index (χ4n) is 3.88. The number of hydrogen-bond acceptors (Lipinski definition) is 6. The Morgan fingerprint density at radius 2 is 2.00 bits per heavy atom.